The molecule has 0 spiro atoms. The van der Waals surface area contributed by atoms with E-state index in [4.69, 9.17) is 5.11 Å². The number of carboxylic acids is 1. The van der Waals surface area contributed by atoms with Crippen LogP contribution in [0, 0.1) is 24.0 Å². The van der Waals surface area contributed by atoms with E-state index in [1.54, 1.807) is 19.9 Å². The number of nitro benzene ring substituents is 1. The van der Waals surface area contributed by atoms with Crippen LogP contribution < -0.4 is 0 Å². The lowest BCUT2D eigenvalue weighted by Crippen LogP contribution is -2.05. The molecule has 1 aromatic rings. The van der Waals surface area contributed by atoms with Crippen molar-refractivity contribution >= 4 is 11.7 Å². The quantitative estimate of drug-likeness (QED) is 0.577. The molecule has 0 fully saturated rings. The van der Waals surface area contributed by atoms with E-state index in [0.717, 1.165) is 0 Å². The summed E-state index contributed by atoms with van der Waals surface area (Å²) in [7, 11) is 0. The summed E-state index contributed by atoms with van der Waals surface area (Å²) in [6, 6.07) is 2.81. The van der Waals surface area contributed by atoms with Crippen LogP contribution in [0.15, 0.2) is 12.1 Å². The number of rotatable bonds is 2. The summed E-state index contributed by atoms with van der Waals surface area (Å²) < 4.78 is 0. The van der Waals surface area contributed by atoms with Gasteiger partial charge in [-0.3, -0.25) is 10.1 Å². The van der Waals surface area contributed by atoms with Crippen LogP contribution in [0.1, 0.15) is 21.5 Å². The standard InChI is InChI=1S/C9H9NO4/c1-5-3-4-7(9(11)12)8(6(5)2)10(13)14/h3-4H,1-2H3,(H,11,12). The summed E-state index contributed by atoms with van der Waals surface area (Å²) in [6.07, 6.45) is 0. The summed E-state index contributed by atoms with van der Waals surface area (Å²) in [5, 5.41) is 19.4. The second-order valence-electron chi connectivity index (χ2n) is 2.97. The van der Waals surface area contributed by atoms with Crippen molar-refractivity contribution < 1.29 is 14.8 Å². The van der Waals surface area contributed by atoms with Gasteiger partial charge in [0.25, 0.3) is 5.69 Å². The lowest BCUT2D eigenvalue weighted by Gasteiger charge is -2.03. The third kappa shape index (κ3) is 1.56. The van der Waals surface area contributed by atoms with Gasteiger partial charge < -0.3 is 5.11 Å². The molecule has 1 N–H and O–H groups in total. The van der Waals surface area contributed by atoms with Crippen molar-refractivity contribution in [2.75, 3.05) is 0 Å². The van der Waals surface area contributed by atoms with Gasteiger partial charge >= 0.3 is 5.97 Å². The van der Waals surface area contributed by atoms with Gasteiger partial charge in [-0.1, -0.05) is 6.07 Å². The summed E-state index contributed by atoms with van der Waals surface area (Å²) in [6.45, 7) is 3.24. The highest BCUT2D eigenvalue weighted by atomic mass is 16.6. The monoisotopic (exact) mass is 195 g/mol. The molecule has 74 valence electrons. The maximum atomic E-state index is 10.7. The Kier molecular flexibility index (Phi) is 2.51. The predicted octanol–water partition coefficient (Wildman–Crippen LogP) is 1.91. The van der Waals surface area contributed by atoms with Gasteiger partial charge in [0.05, 0.1) is 4.92 Å². The van der Waals surface area contributed by atoms with Crippen molar-refractivity contribution in [1.29, 1.82) is 0 Å². The van der Waals surface area contributed by atoms with Crippen LogP contribution in [0.5, 0.6) is 0 Å². The van der Waals surface area contributed by atoms with Crippen LogP contribution in [-0.4, -0.2) is 16.0 Å². The minimum absolute atomic E-state index is 0.266. The highest BCUT2D eigenvalue weighted by Crippen LogP contribution is 2.25. The minimum Gasteiger partial charge on any atom is -0.477 e. The summed E-state index contributed by atoms with van der Waals surface area (Å²) in [4.78, 5) is 20.7. The second-order valence-corrected chi connectivity index (χ2v) is 2.97. The zero-order valence-corrected chi connectivity index (χ0v) is 7.77. The second kappa shape index (κ2) is 3.45. The highest BCUT2D eigenvalue weighted by molar-refractivity contribution is 5.93. The normalized spacial score (nSPS) is 9.86. The maximum Gasteiger partial charge on any atom is 0.342 e. The van der Waals surface area contributed by atoms with E-state index in [9.17, 15) is 14.9 Å². The molecule has 0 aliphatic carbocycles. The molecule has 14 heavy (non-hydrogen) atoms. The number of carboxylic acid groups (broad SMARTS) is 1. The first-order chi connectivity index (χ1) is 6.45. The largest absolute Gasteiger partial charge is 0.477 e. The Bertz CT molecular complexity index is 412. The molecule has 0 saturated carbocycles. The number of hydrogen-bond donors (Lipinski definition) is 1. The molecule has 5 heteroatoms. The Morgan fingerprint density at radius 2 is 2.00 bits per heavy atom. The van der Waals surface area contributed by atoms with E-state index in [-0.39, 0.29) is 11.3 Å². The zero-order valence-electron chi connectivity index (χ0n) is 7.77. The number of nitrogens with zero attached hydrogens (tertiary/aromatic N) is 1. The Morgan fingerprint density at radius 3 is 2.43 bits per heavy atom. The summed E-state index contributed by atoms with van der Waals surface area (Å²) in [5.41, 5.74) is 0.521. The molecule has 0 radical (unpaired) electrons. The first kappa shape index (κ1) is 10.2. The van der Waals surface area contributed by atoms with Gasteiger partial charge in [0, 0.05) is 5.56 Å². The molecular weight excluding hydrogens is 186 g/mol. The van der Waals surface area contributed by atoms with Gasteiger partial charge in [0.1, 0.15) is 5.56 Å². The lowest BCUT2D eigenvalue weighted by molar-refractivity contribution is -0.385. The fourth-order valence-electron chi connectivity index (χ4n) is 1.21. The van der Waals surface area contributed by atoms with Gasteiger partial charge in [0.15, 0.2) is 0 Å². The summed E-state index contributed by atoms with van der Waals surface area (Å²) >= 11 is 0. The highest BCUT2D eigenvalue weighted by Gasteiger charge is 2.22. The van der Waals surface area contributed by atoms with Gasteiger partial charge in [-0.25, -0.2) is 4.79 Å². The smallest absolute Gasteiger partial charge is 0.342 e. The Morgan fingerprint density at radius 1 is 1.43 bits per heavy atom. The third-order valence-corrected chi connectivity index (χ3v) is 2.11. The van der Waals surface area contributed by atoms with Gasteiger partial charge in [-0.15, -0.1) is 0 Å². The fourth-order valence-corrected chi connectivity index (χ4v) is 1.21. The van der Waals surface area contributed by atoms with E-state index in [2.05, 4.69) is 0 Å². The first-order valence-electron chi connectivity index (χ1n) is 3.93. The Balaban J connectivity index is 3.53. The zero-order chi connectivity index (χ0) is 10.9. The molecule has 5 nitrogen and oxygen atoms in total. The molecule has 0 atom stereocenters. The number of benzene rings is 1. The fraction of sp³-hybridized carbons (Fsp3) is 0.222. The molecule has 1 aromatic carbocycles. The van der Waals surface area contributed by atoms with Gasteiger partial charge in [-0.05, 0) is 25.5 Å². The van der Waals surface area contributed by atoms with Crippen LogP contribution in [-0.2, 0) is 0 Å². The van der Waals surface area contributed by atoms with Crippen LogP contribution in [0.3, 0.4) is 0 Å². The molecule has 1 rings (SSSR count). The van der Waals surface area contributed by atoms with Crippen LogP contribution in [0.25, 0.3) is 0 Å². The van der Waals surface area contributed by atoms with E-state index >= 15 is 0 Å². The van der Waals surface area contributed by atoms with Crippen molar-refractivity contribution in [3.05, 3.63) is 38.9 Å². The van der Waals surface area contributed by atoms with Gasteiger partial charge in [-0.2, -0.15) is 0 Å². The molecular formula is C9H9NO4. The number of aromatic carboxylic acids is 1. The molecule has 0 saturated heterocycles. The van der Waals surface area contributed by atoms with E-state index in [1.807, 2.05) is 0 Å². The maximum absolute atomic E-state index is 10.7. The average Bonchev–Trinajstić information content (AvgIpc) is 2.08. The predicted molar refractivity (Wildman–Crippen MR) is 49.5 cm³/mol. The summed E-state index contributed by atoms with van der Waals surface area (Å²) in [5.74, 6) is -1.28. The molecule has 0 unspecified atom stereocenters. The topological polar surface area (TPSA) is 80.4 Å². The van der Waals surface area contributed by atoms with Crippen molar-refractivity contribution in [3.63, 3.8) is 0 Å². The van der Waals surface area contributed by atoms with Crippen LogP contribution in [0.4, 0.5) is 5.69 Å². The molecule has 0 bridgehead atoms. The molecule has 0 aromatic heterocycles. The Hall–Kier alpha value is -1.91. The lowest BCUT2D eigenvalue weighted by atomic mass is 10.0. The third-order valence-electron chi connectivity index (χ3n) is 2.11. The van der Waals surface area contributed by atoms with Crippen LogP contribution in [0.2, 0.25) is 0 Å². The number of carbonyl (C=O) groups is 1. The van der Waals surface area contributed by atoms with E-state index in [1.165, 1.54) is 6.07 Å². The number of aryl methyl sites for hydroxylation is 1. The van der Waals surface area contributed by atoms with Crippen LogP contribution >= 0.6 is 0 Å². The van der Waals surface area contributed by atoms with E-state index < -0.39 is 10.9 Å². The van der Waals surface area contributed by atoms with Crippen molar-refractivity contribution in [2.24, 2.45) is 0 Å². The van der Waals surface area contributed by atoms with Crippen molar-refractivity contribution in [1.82, 2.24) is 0 Å². The minimum atomic E-state index is -1.28. The molecule has 0 aliphatic rings. The first-order valence-corrected chi connectivity index (χ1v) is 3.93. The SMILES string of the molecule is Cc1ccc(C(=O)O)c([N+](=O)[O-])c1C. The van der Waals surface area contributed by atoms with Crippen molar-refractivity contribution in [2.45, 2.75) is 13.8 Å². The van der Waals surface area contributed by atoms with E-state index in [0.29, 0.717) is 11.1 Å². The van der Waals surface area contributed by atoms with Crippen molar-refractivity contribution in [3.8, 4) is 0 Å². The average molecular weight is 195 g/mol. The molecule has 0 heterocycles. The number of nitro groups is 1. The number of hydrogen-bond acceptors (Lipinski definition) is 3. The Labute approximate surface area is 80.1 Å². The molecule has 0 amide bonds. The molecule has 0 aliphatic heterocycles. The van der Waals surface area contributed by atoms with Gasteiger partial charge in [0.2, 0.25) is 0 Å².